The van der Waals surface area contributed by atoms with Gasteiger partial charge in [-0.2, -0.15) is 0 Å². The van der Waals surface area contributed by atoms with Crippen molar-refractivity contribution in [2.75, 3.05) is 4.90 Å². The Hall–Kier alpha value is -4.30. The van der Waals surface area contributed by atoms with Gasteiger partial charge in [-0.3, -0.25) is 0 Å². The Morgan fingerprint density at radius 2 is 0.982 bits per heavy atom. The Balaban J connectivity index is 0.925. The molecule has 5 aromatic carbocycles. The molecule has 0 amide bonds. The molecule has 276 valence electrons. The molecule has 55 heavy (non-hydrogen) atoms. The molecule has 0 aliphatic heterocycles. The van der Waals surface area contributed by atoms with E-state index in [0.717, 1.165) is 46.7 Å². The summed E-state index contributed by atoms with van der Waals surface area (Å²) in [5.41, 5.74) is 15.0. The second-order valence-electron chi connectivity index (χ2n) is 20.6. The van der Waals surface area contributed by atoms with Crippen molar-refractivity contribution in [3.05, 3.63) is 125 Å². The minimum Gasteiger partial charge on any atom is -0.455 e. The van der Waals surface area contributed by atoms with Crippen LogP contribution in [0.4, 0.5) is 17.1 Å². The smallest absolute Gasteiger partial charge is 0.143 e. The summed E-state index contributed by atoms with van der Waals surface area (Å²) in [6, 6.07) is 40.4. The van der Waals surface area contributed by atoms with E-state index in [1.807, 2.05) is 0 Å². The minimum absolute atomic E-state index is 0.149. The van der Waals surface area contributed by atoms with Crippen LogP contribution < -0.4 is 4.90 Å². The van der Waals surface area contributed by atoms with Crippen LogP contribution in [0.25, 0.3) is 33.1 Å². The number of para-hydroxylation sites is 1. The fraction of sp³-hybridized carbons (Fsp3) is 0.434. The predicted octanol–water partition coefficient (Wildman–Crippen LogP) is 14.3. The van der Waals surface area contributed by atoms with Gasteiger partial charge in [-0.25, -0.2) is 0 Å². The van der Waals surface area contributed by atoms with Crippen molar-refractivity contribution in [1.82, 2.24) is 0 Å². The number of hydrogen-bond acceptors (Lipinski definition) is 2. The number of fused-ring (bicyclic) bond motifs is 7. The topological polar surface area (TPSA) is 16.4 Å². The number of nitrogens with zero attached hydrogens (tertiary/aromatic N) is 1. The predicted molar refractivity (Wildman–Crippen MR) is 226 cm³/mol. The third-order valence-electron chi connectivity index (χ3n) is 17.0. The molecule has 8 saturated carbocycles. The quantitative estimate of drug-likeness (QED) is 0.176. The van der Waals surface area contributed by atoms with E-state index in [1.54, 1.807) is 11.1 Å². The largest absolute Gasteiger partial charge is 0.455 e. The lowest BCUT2D eigenvalue weighted by molar-refractivity contribution is -0.00529. The summed E-state index contributed by atoms with van der Waals surface area (Å²) in [4.78, 5) is 2.56. The first-order valence-corrected chi connectivity index (χ1v) is 21.9. The molecule has 2 heteroatoms. The number of benzene rings is 5. The van der Waals surface area contributed by atoms with Gasteiger partial charge in [0.25, 0.3) is 0 Å². The van der Waals surface area contributed by atoms with Crippen molar-refractivity contribution < 1.29 is 4.42 Å². The molecule has 0 saturated heterocycles. The molecule has 8 bridgehead atoms. The molecule has 6 aromatic rings. The molecular weight excluding hydrogens is 667 g/mol. The Morgan fingerprint density at radius 1 is 0.491 bits per heavy atom. The van der Waals surface area contributed by atoms with Crippen LogP contribution in [0.15, 0.2) is 108 Å². The molecule has 2 nitrogen and oxygen atoms in total. The zero-order valence-corrected chi connectivity index (χ0v) is 32.6. The molecule has 0 atom stereocenters. The molecule has 0 N–H and O–H groups in total. The van der Waals surface area contributed by atoms with E-state index in [-0.39, 0.29) is 5.41 Å². The normalized spacial score (nSPS) is 33.1. The van der Waals surface area contributed by atoms with Crippen LogP contribution in [0.1, 0.15) is 113 Å². The number of anilines is 3. The van der Waals surface area contributed by atoms with E-state index in [0.29, 0.717) is 10.8 Å². The zero-order chi connectivity index (χ0) is 36.3. The van der Waals surface area contributed by atoms with Crippen LogP contribution in [-0.2, 0) is 16.2 Å². The lowest BCUT2D eigenvalue weighted by atomic mass is 9.48. The van der Waals surface area contributed by atoms with Crippen molar-refractivity contribution in [2.24, 2.45) is 35.5 Å². The van der Waals surface area contributed by atoms with Crippen LogP contribution in [0.2, 0.25) is 0 Å². The fourth-order valence-corrected chi connectivity index (χ4v) is 15.4. The van der Waals surface area contributed by atoms with E-state index in [4.69, 9.17) is 4.42 Å². The first kappa shape index (κ1) is 31.9. The second-order valence-corrected chi connectivity index (χ2v) is 20.6. The Bertz CT molecular complexity index is 2370. The molecular formula is C53H53NO. The molecule has 0 radical (unpaired) electrons. The summed E-state index contributed by atoms with van der Waals surface area (Å²) in [5, 5.41) is 2.41. The Morgan fingerprint density at radius 3 is 1.51 bits per heavy atom. The van der Waals surface area contributed by atoms with E-state index >= 15 is 0 Å². The highest BCUT2D eigenvalue weighted by molar-refractivity contribution is 6.11. The number of furan rings is 1. The van der Waals surface area contributed by atoms with Gasteiger partial charge in [-0.15, -0.1) is 0 Å². The summed E-state index contributed by atoms with van der Waals surface area (Å²) in [7, 11) is 0. The highest BCUT2D eigenvalue weighted by Crippen LogP contribution is 2.62. The van der Waals surface area contributed by atoms with Gasteiger partial charge in [0.2, 0.25) is 0 Å². The van der Waals surface area contributed by atoms with Gasteiger partial charge in [-0.1, -0.05) is 74.5 Å². The van der Waals surface area contributed by atoms with Crippen molar-refractivity contribution in [1.29, 1.82) is 0 Å². The van der Waals surface area contributed by atoms with Gasteiger partial charge in [0.15, 0.2) is 0 Å². The van der Waals surface area contributed by atoms with Crippen LogP contribution in [0, 0.1) is 35.5 Å². The van der Waals surface area contributed by atoms with Crippen LogP contribution in [0.5, 0.6) is 0 Å². The van der Waals surface area contributed by atoms with Gasteiger partial charge in [0, 0.05) is 38.8 Å². The maximum atomic E-state index is 6.65. The van der Waals surface area contributed by atoms with Gasteiger partial charge in [0.05, 0.1) is 0 Å². The Labute approximate surface area is 326 Å². The standard InChI is InChI=1S/C53H53NO/c1-51(2)46-18-17-44-43-5-3-4-6-48(43)55-50(44)49(46)45-16-15-42(25-47(45)51)54(40-11-7-38(8-12-40)52-26-32-19-33(27-52)21-34(20-32)28-52)41-13-9-39(10-14-41)53-29-35-22-36(30-53)24-37(23-35)31-53/h3-18,25,32-37H,19-24,26-31H2,1-2H3. The maximum absolute atomic E-state index is 6.65. The molecule has 1 aromatic heterocycles. The number of hydrogen-bond donors (Lipinski definition) is 0. The van der Waals surface area contributed by atoms with Crippen molar-refractivity contribution in [2.45, 2.75) is 107 Å². The summed E-state index contributed by atoms with van der Waals surface area (Å²) in [6.07, 6.45) is 17.4. The van der Waals surface area contributed by atoms with Crippen LogP contribution >= 0.6 is 0 Å². The van der Waals surface area contributed by atoms with Crippen molar-refractivity contribution in [3.8, 4) is 11.1 Å². The van der Waals surface area contributed by atoms with Crippen molar-refractivity contribution >= 4 is 39.0 Å². The van der Waals surface area contributed by atoms with Gasteiger partial charge in [-0.05, 0) is 194 Å². The molecule has 15 rings (SSSR count). The monoisotopic (exact) mass is 719 g/mol. The van der Waals surface area contributed by atoms with E-state index in [2.05, 4.69) is 122 Å². The van der Waals surface area contributed by atoms with E-state index < -0.39 is 0 Å². The highest BCUT2D eigenvalue weighted by Gasteiger charge is 2.53. The van der Waals surface area contributed by atoms with Crippen molar-refractivity contribution in [3.63, 3.8) is 0 Å². The molecule has 9 aliphatic carbocycles. The SMILES string of the molecule is CC1(C)c2cc(N(c3ccc(C45CC6CC(CC(C6)C4)C5)cc3)c3ccc(C45CC6CC(CC(C6)C4)C5)cc3)ccc2-c2c1ccc1c2oc2ccccc21. The average molecular weight is 720 g/mol. The average Bonchev–Trinajstić information content (AvgIpc) is 3.66. The molecule has 0 spiro atoms. The zero-order valence-electron chi connectivity index (χ0n) is 32.6. The summed E-state index contributed by atoms with van der Waals surface area (Å²) >= 11 is 0. The third-order valence-corrected chi connectivity index (χ3v) is 17.0. The summed E-state index contributed by atoms with van der Waals surface area (Å²) in [5.74, 6) is 5.72. The van der Waals surface area contributed by atoms with Gasteiger partial charge < -0.3 is 9.32 Å². The maximum Gasteiger partial charge on any atom is 0.143 e. The second kappa shape index (κ2) is 11.0. The van der Waals surface area contributed by atoms with Crippen LogP contribution in [-0.4, -0.2) is 0 Å². The van der Waals surface area contributed by atoms with Crippen LogP contribution in [0.3, 0.4) is 0 Å². The highest BCUT2D eigenvalue weighted by atomic mass is 16.3. The summed E-state index contributed by atoms with van der Waals surface area (Å²) < 4.78 is 6.65. The van der Waals surface area contributed by atoms with E-state index in [9.17, 15) is 0 Å². The molecule has 1 heterocycles. The first-order valence-electron chi connectivity index (χ1n) is 21.9. The minimum atomic E-state index is -0.149. The fourth-order valence-electron chi connectivity index (χ4n) is 15.4. The summed E-state index contributed by atoms with van der Waals surface area (Å²) in [6.45, 7) is 4.81. The molecule has 9 aliphatic rings. The van der Waals surface area contributed by atoms with Gasteiger partial charge in [0.1, 0.15) is 11.2 Å². The lowest BCUT2D eigenvalue weighted by Gasteiger charge is -2.57. The third kappa shape index (κ3) is 4.49. The molecule has 8 fully saturated rings. The Kier molecular flexibility index (Phi) is 6.35. The van der Waals surface area contributed by atoms with Gasteiger partial charge >= 0.3 is 0 Å². The van der Waals surface area contributed by atoms with E-state index in [1.165, 1.54) is 127 Å². The lowest BCUT2D eigenvalue weighted by Crippen LogP contribution is -2.48. The first-order chi connectivity index (χ1) is 26.8. The molecule has 0 unspecified atom stereocenters. The number of rotatable bonds is 5.